The Balaban J connectivity index is 1.64. The molecule has 0 aliphatic carbocycles. The summed E-state index contributed by atoms with van der Waals surface area (Å²) in [5.41, 5.74) is 1.69. The van der Waals surface area contributed by atoms with Crippen LogP contribution in [0.25, 0.3) is 0 Å². The molecule has 0 aliphatic heterocycles. The highest BCUT2D eigenvalue weighted by Gasteiger charge is 2.17. The highest BCUT2D eigenvalue weighted by Crippen LogP contribution is 2.15. The van der Waals surface area contributed by atoms with Crippen LogP contribution in [0, 0.1) is 0 Å². The van der Waals surface area contributed by atoms with Crippen molar-refractivity contribution in [3.63, 3.8) is 0 Å². The quantitative estimate of drug-likeness (QED) is 0.435. The Hall–Kier alpha value is -3.32. The molecule has 3 aromatic rings. The molecule has 2 heterocycles. The zero-order chi connectivity index (χ0) is 22.8. The van der Waals surface area contributed by atoms with Crippen LogP contribution in [0.15, 0.2) is 65.2 Å². The number of hydrogen-bond donors (Lipinski definition) is 1. The van der Waals surface area contributed by atoms with E-state index < -0.39 is 0 Å². The fourth-order valence-corrected chi connectivity index (χ4v) is 3.49. The third kappa shape index (κ3) is 6.34. The van der Waals surface area contributed by atoms with Crippen LogP contribution >= 0.6 is 0 Å². The lowest BCUT2D eigenvalue weighted by molar-refractivity contribution is 0.0739. The first-order valence-electron chi connectivity index (χ1n) is 11.0. The molecule has 0 fully saturated rings. The topological polar surface area (TPSA) is 76.7 Å². The van der Waals surface area contributed by atoms with Crippen molar-refractivity contribution < 1.29 is 18.7 Å². The summed E-state index contributed by atoms with van der Waals surface area (Å²) in [4.78, 5) is 27.1. The summed E-state index contributed by atoms with van der Waals surface area (Å²) >= 11 is 0. The van der Waals surface area contributed by atoms with Gasteiger partial charge in [0.2, 0.25) is 0 Å². The summed E-state index contributed by atoms with van der Waals surface area (Å²) in [6.45, 7) is 4.86. The minimum Gasteiger partial charge on any atom is -0.454 e. The van der Waals surface area contributed by atoms with Crippen LogP contribution in [-0.2, 0) is 17.8 Å². The van der Waals surface area contributed by atoms with Crippen LogP contribution in [0.2, 0.25) is 0 Å². The summed E-state index contributed by atoms with van der Waals surface area (Å²) in [5.74, 6) is 0.757. The van der Waals surface area contributed by atoms with Crippen LogP contribution in [0.3, 0.4) is 0 Å². The van der Waals surface area contributed by atoms with Crippen molar-refractivity contribution in [2.45, 2.75) is 32.9 Å². The van der Waals surface area contributed by atoms with E-state index in [0.717, 1.165) is 18.5 Å². The predicted molar refractivity (Wildman–Crippen MR) is 123 cm³/mol. The van der Waals surface area contributed by atoms with Gasteiger partial charge in [0.15, 0.2) is 5.76 Å². The van der Waals surface area contributed by atoms with Crippen LogP contribution < -0.4 is 5.32 Å². The van der Waals surface area contributed by atoms with Crippen LogP contribution in [0.1, 0.15) is 52.1 Å². The molecule has 7 nitrogen and oxygen atoms in total. The van der Waals surface area contributed by atoms with Gasteiger partial charge in [0.25, 0.3) is 11.8 Å². The maximum absolute atomic E-state index is 13.0. The van der Waals surface area contributed by atoms with E-state index >= 15 is 0 Å². The standard InChI is InChI=1S/C25H31N3O4/c1-3-15-28(25(30)20-9-5-4-6-10-20)18-21-11-7-16-27(21)19-22-12-13-23(32-22)24(29)26-14-8-17-31-2/h4-7,9-13,16H,3,8,14-15,17-19H2,1-2H3,(H,26,29). The number of carbonyl (C=O) groups excluding carboxylic acids is 2. The number of furan rings is 1. The molecule has 7 heteroatoms. The highest BCUT2D eigenvalue weighted by atomic mass is 16.5. The van der Waals surface area contributed by atoms with Crippen LogP contribution in [-0.4, -0.2) is 48.1 Å². The highest BCUT2D eigenvalue weighted by molar-refractivity contribution is 5.94. The van der Waals surface area contributed by atoms with Crippen molar-refractivity contribution >= 4 is 11.8 Å². The minimum absolute atomic E-state index is 0.0191. The smallest absolute Gasteiger partial charge is 0.286 e. The van der Waals surface area contributed by atoms with Gasteiger partial charge in [-0.25, -0.2) is 0 Å². The lowest BCUT2D eigenvalue weighted by Gasteiger charge is -2.23. The molecule has 0 saturated carbocycles. The van der Waals surface area contributed by atoms with Gasteiger partial charge in [-0.3, -0.25) is 9.59 Å². The van der Waals surface area contributed by atoms with Gasteiger partial charge < -0.3 is 23.9 Å². The van der Waals surface area contributed by atoms with Crippen LogP contribution in [0.5, 0.6) is 0 Å². The molecule has 1 aromatic carbocycles. The zero-order valence-electron chi connectivity index (χ0n) is 18.8. The van der Waals surface area contributed by atoms with Crippen molar-refractivity contribution in [1.82, 2.24) is 14.8 Å². The largest absolute Gasteiger partial charge is 0.454 e. The molecule has 2 aromatic heterocycles. The number of carbonyl (C=O) groups is 2. The second-order valence-electron chi connectivity index (χ2n) is 7.59. The molecule has 0 unspecified atom stereocenters. The maximum Gasteiger partial charge on any atom is 0.286 e. The SMILES string of the molecule is CCCN(Cc1cccn1Cc1ccc(C(=O)NCCCOC)o1)C(=O)c1ccccc1. The molecule has 170 valence electrons. The molecule has 1 N–H and O–H groups in total. The van der Waals surface area contributed by atoms with Gasteiger partial charge in [0.05, 0.1) is 13.1 Å². The average molecular weight is 438 g/mol. The monoisotopic (exact) mass is 437 g/mol. The number of methoxy groups -OCH3 is 1. The van der Waals surface area contributed by atoms with Crippen LogP contribution in [0.4, 0.5) is 0 Å². The number of hydrogen-bond acceptors (Lipinski definition) is 4. The van der Waals surface area contributed by atoms with Gasteiger partial charge >= 0.3 is 0 Å². The molecule has 0 atom stereocenters. The second-order valence-corrected chi connectivity index (χ2v) is 7.59. The molecule has 0 bridgehead atoms. The Bertz CT molecular complexity index is 994. The van der Waals surface area contributed by atoms with Crippen molar-refractivity contribution in [3.8, 4) is 0 Å². The Morgan fingerprint density at radius 1 is 1.09 bits per heavy atom. The van der Waals surface area contributed by atoms with E-state index in [-0.39, 0.29) is 17.6 Å². The predicted octanol–water partition coefficient (Wildman–Crippen LogP) is 3.95. The fraction of sp³-hybridized carbons (Fsp3) is 0.360. The third-order valence-corrected chi connectivity index (χ3v) is 5.10. The molecular weight excluding hydrogens is 406 g/mol. The number of amides is 2. The first-order valence-corrected chi connectivity index (χ1v) is 11.0. The molecule has 0 spiro atoms. The van der Waals surface area contributed by atoms with Gasteiger partial charge in [-0.2, -0.15) is 0 Å². The van der Waals surface area contributed by atoms with Gasteiger partial charge in [0, 0.05) is 44.3 Å². The maximum atomic E-state index is 13.0. The Morgan fingerprint density at radius 2 is 1.91 bits per heavy atom. The number of aromatic nitrogens is 1. The first kappa shape index (κ1) is 23.3. The number of rotatable bonds is 12. The third-order valence-electron chi connectivity index (χ3n) is 5.10. The Kier molecular flexibility index (Phi) is 8.69. The van der Waals surface area contributed by atoms with Gasteiger partial charge in [-0.15, -0.1) is 0 Å². The van der Waals surface area contributed by atoms with Crippen molar-refractivity contribution in [1.29, 1.82) is 0 Å². The summed E-state index contributed by atoms with van der Waals surface area (Å²) < 4.78 is 12.8. The summed E-state index contributed by atoms with van der Waals surface area (Å²) in [5, 5.41) is 2.82. The lowest BCUT2D eigenvalue weighted by atomic mass is 10.2. The summed E-state index contributed by atoms with van der Waals surface area (Å²) in [6, 6.07) is 16.8. The summed E-state index contributed by atoms with van der Waals surface area (Å²) in [6.07, 6.45) is 3.58. The Labute approximate surface area is 189 Å². The number of nitrogens with one attached hydrogen (secondary N) is 1. The second kappa shape index (κ2) is 11.9. The van der Waals surface area contributed by atoms with Crippen molar-refractivity contribution in [2.75, 3.05) is 26.8 Å². The van der Waals surface area contributed by atoms with Gasteiger partial charge in [0.1, 0.15) is 5.76 Å². The first-order chi connectivity index (χ1) is 15.6. The Morgan fingerprint density at radius 3 is 2.66 bits per heavy atom. The van der Waals surface area contributed by atoms with E-state index in [9.17, 15) is 9.59 Å². The van der Waals surface area contributed by atoms with Gasteiger partial charge in [-0.05, 0) is 49.2 Å². The lowest BCUT2D eigenvalue weighted by Crippen LogP contribution is -2.32. The van der Waals surface area contributed by atoms with Crippen molar-refractivity contribution in [2.24, 2.45) is 0 Å². The molecule has 2 amide bonds. The normalized spacial score (nSPS) is 10.8. The van der Waals surface area contributed by atoms with E-state index in [0.29, 0.717) is 44.1 Å². The van der Waals surface area contributed by atoms with Crippen molar-refractivity contribution in [3.05, 3.63) is 83.6 Å². The molecule has 0 saturated heterocycles. The molecular formula is C25H31N3O4. The van der Waals surface area contributed by atoms with E-state index in [4.69, 9.17) is 9.15 Å². The number of ether oxygens (including phenoxy) is 1. The molecule has 0 radical (unpaired) electrons. The zero-order valence-corrected chi connectivity index (χ0v) is 18.8. The van der Waals surface area contributed by atoms with E-state index in [2.05, 4.69) is 12.2 Å². The summed E-state index contributed by atoms with van der Waals surface area (Å²) in [7, 11) is 1.63. The van der Waals surface area contributed by atoms with E-state index in [1.54, 1.807) is 13.2 Å². The molecule has 0 aliphatic rings. The van der Waals surface area contributed by atoms with E-state index in [1.807, 2.05) is 64.2 Å². The average Bonchev–Trinajstić information content (AvgIpc) is 3.46. The van der Waals surface area contributed by atoms with Gasteiger partial charge in [-0.1, -0.05) is 25.1 Å². The van der Waals surface area contributed by atoms with E-state index in [1.165, 1.54) is 0 Å². The number of nitrogens with zero attached hydrogens (tertiary/aromatic N) is 2. The number of benzene rings is 1. The molecule has 32 heavy (non-hydrogen) atoms. The fourth-order valence-electron chi connectivity index (χ4n) is 3.49. The molecule has 3 rings (SSSR count). The minimum atomic E-state index is -0.234.